The van der Waals surface area contributed by atoms with Gasteiger partial charge in [-0.2, -0.15) is 0 Å². The Balaban J connectivity index is 0. The van der Waals surface area contributed by atoms with Crippen molar-refractivity contribution >= 4 is 71.7 Å². The minimum atomic E-state index is 0. The summed E-state index contributed by atoms with van der Waals surface area (Å²) in [7, 11) is 0. The van der Waals surface area contributed by atoms with Gasteiger partial charge in [-0.3, -0.25) is 0 Å². The first-order valence-corrected chi connectivity index (χ1v) is 0. The van der Waals surface area contributed by atoms with E-state index in [1.165, 1.54) is 0 Å². The van der Waals surface area contributed by atoms with Gasteiger partial charge in [0.05, 0.1) is 0 Å². The molecule has 6 heavy (non-hydrogen) atoms. The van der Waals surface area contributed by atoms with Gasteiger partial charge in [0, 0.05) is 71.7 Å². The van der Waals surface area contributed by atoms with E-state index in [0.29, 0.717) is 0 Å². The van der Waals surface area contributed by atoms with E-state index in [1.807, 2.05) is 0 Å². The fourth-order valence-electron chi connectivity index (χ4n) is 0. The zero-order valence-corrected chi connectivity index (χ0v) is 11.6. The Morgan fingerprint density at radius 1 is 0.333 bits per heavy atom. The van der Waals surface area contributed by atoms with Gasteiger partial charge in [0.2, 0.25) is 0 Å². The van der Waals surface area contributed by atoms with Crippen LogP contribution in [-0.4, -0.2) is 88.2 Å². The molecule has 0 fully saturated rings. The van der Waals surface area contributed by atoms with E-state index in [4.69, 9.17) is 0 Å². The molecular weight excluding hydrogens is 404 g/mol. The Bertz CT molecular complexity index is 6.00. The molecular formula is H6O3Sn3. The van der Waals surface area contributed by atoms with E-state index in [0.717, 1.165) is 0 Å². The van der Waals surface area contributed by atoms with Crippen LogP contribution in [-0.2, 0) is 0 Å². The number of hydrogen-bond donors (Lipinski definition) is 0. The maximum absolute atomic E-state index is 0. The monoisotopic (exact) mass is 414 g/mol. The molecule has 0 aromatic rings. The van der Waals surface area contributed by atoms with E-state index >= 15 is 0 Å². The molecule has 0 rings (SSSR count). The van der Waals surface area contributed by atoms with Crippen LogP contribution in [0.4, 0.5) is 0 Å². The first-order chi connectivity index (χ1) is 0. The van der Waals surface area contributed by atoms with Crippen molar-refractivity contribution < 1.29 is 16.4 Å². The van der Waals surface area contributed by atoms with Crippen molar-refractivity contribution in [3.05, 3.63) is 0 Å². The summed E-state index contributed by atoms with van der Waals surface area (Å²) >= 11 is 0. The van der Waals surface area contributed by atoms with Crippen LogP contribution in [0.1, 0.15) is 0 Å². The zero-order valence-electron chi connectivity index (χ0n) is 3.00. The van der Waals surface area contributed by atoms with Crippen LogP contribution in [0.5, 0.6) is 0 Å². The normalized spacial score (nSPS) is 0. The predicted molar refractivity (Wildman–Crippen MR) is 28.1 cm³/mol. The molecule has 0 spiro atoms. The van der Waals surface area contributed by atoms with Crippen LogP contribution in [0.15, 0.2) is 0 Å². The Kier molecular flexibility index (Phi) is 780. The van der Waals surface area contributed by atoms with E-state index in [2.05, 4.69) is 0 Å². The first-order valence-electron chi connectivity index (χ1n) is 0. The van der Waals surface area contributed by atoms with Gasteiger partial charge in [-0.15, -0.1) is 0 Å². The maximum atomic E-state index is 0. The molecule has 0 aliphatic heterocycles. The molecule has 6 N–H and O–H groups in total. The maximum Gasteiger partial charge on any atom is 0 e. The summed E-state index contributed by atoms with van der Waals surface area (Å²) in [6.45, 7) is 0. The molecule has 3 nitrogen and oxygen atoms in total. The summed E-state index contributed by atoms with van der Waals surface area (Å²) in [4.78, 5) is 0. The largest absolute Gasteiger partial charge is 0.412 e. The van der Waals surface area contributed by atoms with Crippen molar-refractivity contribution in [2.24, 2.45) is 0 Å². The fourth-order valence-corrected chi connectivity index (χ4v) is 0. The quantitative estimate of drug-likeness (QED) is 0.369. The van der Waals surface area contributed by atoms with Crippen molar-refractivity contribution in [3.63, 3.8) is 0 Å². The predicted octanol–water partition coefficient (Wildman–Crippen LogP) is -3.62. The summed E-state index contributed by atoms with van der Waals surface area (Å²) in [6, 6.07) is 0. The Morgan fingerprint density at radius 2 is 0.333 bits per heavy atom. The molecule has 12 radical (unpaired) electrons. The summed E-state index contributed by atoms with van der Waals surface area (Å²) < 4.78 is 0. The van der Waals surface area contributed by atoms with Gasteiger partial charge >= 0.3 is 0 Å². The fraction of sp³-hybridized carbons (Fsp3) is 0. The Labute approximate surface area is 87.0 Å². The third-order valence-corrected chi connectivity index (χ3v) is 0. The standard InChI is InChI=1S/3H2O.3Sn/h3*1H2;;;. The van der Waals surface area contributed by atoms with Gasteiger partial charge < -0.3 is 16.4 Å². The van der Waals surface area contributed by atoms with Crippen molar-refractivity contribution in [2.45, 2.75) is 0 Å². The Hall–Kier alpha value is 2.28. The van der Waals surface area contributed by atoms with Crippen molar-refractivity contribution in [1.82, 2.24) is 0 Å². The van der Waals surface area contributed by atoms with Gasteiger partial charge in [-0.1, -0.05) is 0 Å². The molecule has 0 saturated heterocycles. The second-order valence-electron chi connectivity index (χ2n) is 0. The zero-order chi connectivity index (χ0) is 0. The minimum absolute atomic E-state index is 0. The topological polar surface area (TPSA) is 94.5 Å². The average molecular weight is 410 g/mol. The van der Waals surface area contributed by atoms with Crippen LogP contribution < -0.4 is 0 Å². The SMILES string of the molecule is O.O.O.[Sn].[Sn].[Sn]. The third-order valence-electron chi connectivity index (χ3n) is 0. The molecule has 0 aliphatic carbocycles. The van der Waals surface area contributed by atoms with Crippen LogP contribution >= 0.6 is 0 Å². The van der Waals surface area contributed by atoms with Gasteiger partial charge in [0.25, 0.3) is 0 Å². The minimum Gasteiger partial charge on any atom is -0.412 e. The second kappa shape index (κ2) is 55.3. The molecule has 0 heterocycles. The van der Waals surface area contributed by atoms with Crippen LogP contribution in [0, 0.1) is 0 Å². The summed E-state index contributed by atoms with van der Waals surface area (Å²) in [5.74, 6) is 0. The van der Waals surface area contributed by atoms with E-state index < -0.39 is 0 Å². The van der Waals surface area contributed by atoms with E-state index in [9.17, 15) is 0 Å². The van der Waals surface area contributed by atoms with Crippen molar-refractivity contribution in [1.29, 1.82) is 0 Å². The summed E-state index contributed by atoms with van der Waals surface area (Å²) in [6.07, 6.45) is 0. The van der Waals surface area contributed by atoms with Gasteiger partial charge in [-0.05, 0) is 0 Å². The molecule has 0 saturated carbocycles. The molecule has 36 valence electrons. The summed E-state index contributed by atoms with van der Waals surface area (Å²) in [5, 5.41) is 0. The molecule has 0 aromatic heterocycles. The van der Waals surface area contributed by atoms with Gasteiger partial charge in [0.1, 0.15) is 0 Å². The number of hydrogen-bond acceptors (Lipinski definition) is 0. The second-order valence-corrected chi connectivity index (χ2v) is 0. The van der Waals surface area contributed by atoms with Gasteiger partial charge in [-0.25, -0.2) is 0 Å². The first kappa shape index (κ1) is 84.6. The van der Waals surface area contributed by atoms with E-state index in [-0.39, 0.29) is 88.2 Å². The van der Waals surface area contributed by atoms with Crippen molar-refractivity contribution in [2.75, 3.05) is 0 Å². The van der Waals surface area contributed by atoms with Crippen LogP contribution in [0.2, 0.25) is 0 Å². The van der Waals surface area contributed by atoms with Crippen molar-refractivity contribution in [3.8, 4) is 0 Å². The van der Waals surface area contributed by atoms with Crippen LogP contribution in [0.3, 0.4) is 0 Å². The molecule has 0 amide bonds. The van der Waals surface area contributed by atoms with Gasteiger partial charge in [0.15, 0.2) is 0 Å². The molecule has 0 aliphatic rings. The molecule has 0 atom stereocenters. The number of rotatable bonds is 0. The smallest absolute Gasteiger partial charge is 0 e. The molecule has 0 aromatic carbocycles. The summed E-state index contributed by atoms with van der Waals surface area (Å²) in [5.41, 5.74) is 0. The third kappa shape index (κ3) is 33.7. The molecule has 0 bridgehead atoms. The molecule has 6 heteroatoms. The average Bonchev–Trinajstić information content (AvgIpc) is 0. The van der Waals surface area contributed by atoms with E-state index in [1.54, 1.807) is 0 Å². The van der Waals surface area contributed by atoms with Crippen LogP contribution in [0.25, 0.3) is 0 Å². The molecule has 0 unspecified atom stereocenters. The Morgan fingerprint density at radius 3 is 0.333 bits per heavy atom.